The van der Waals surface area contributed by atoms with Gasteiger partial charge in [0.05, 0.1) is 18.1 Å². The standard InChI is InChI=1S/C17H23NO3.C14H16N2O2/c1-3-21-16(20)17(9-10-17)11-15(19)13(2)18-12-14-7-5-4-6-8-14;1-10-12(17)15-14(7-8-14)13(18)16(10)9-11-5-3-2-4-6-11/h4-8,13,18H,3,9-12H2,1-2H3;2-6,10H,7-9H2,1H3,(H,15,17)/t13-;10-/m01/s1. The Bertz CT molecular complexity index is 1180. The number of hydrogen-bond acceptors (Lipinski definition) is 6. The molecule has 2 saturated carbocycles. The molecule has 2 aromatic rings. The monoisotopic (exact) mass is 533 g/mol. The summed E-state index contributed by atoms with van der Waals surface area (Å²) in [5.74, 6) is -0.105. The van der Waals surface area contributed by atoms with E-state index in [1.165, 1.54) is 0 Å². The second-order valence-electron chi connectivity index (χ2n) is 10.9. The van der Waals surface area contributed by atoms with Crippen LogP contribution in [-0.2, 0) is 37.0 Å². The number of piperazine rings is 1. The van der Waals surface area contributed by atoms with E-state index in [1.807, 2.05) is 67.6 Å². The zero-order chi connectivity index (χ0) is 28.0. The summed E-state index contributed by atoms with van der Waals surface area (Å²) < 4.78 is 5.07. The number of benzene rings is 2. The third kappa shape index (κ3) is 6.92. The van der Waals surface area contributed by atoms with Crippen molar-refractivity contribution < 1.29 is 23.9 Å². The highest BCUT2D eigenvalue weighted by Gasteiger charge is 2.57. The van der Waals surface area contributed by atoms with Gasteiger partial charge in [0, 0.05) is 19.5 Å². The van der Waals surface area contributed by atoms with E-state index in [2.05, 4.69) is 10.6 Å². The largest absolute Gasteiger partial charge is 0.466 e. The maximum atomic E-state index is 12.4. The molecule has 0 unspecified atom stereocenters. The lowest BCUT2D eigenvalue weighted by molar-refractivity contribution is -0.151. The van der Waals surface area contributed by atoms with E-state index in [-0.39, 0.29) is 42.1 Å². The number of nitrogens with one attached hydrogen (secondary N) is 2. The van der Waals surface area contributed by atoms with Gasteiger partial charge in [0.2, 0.25) is 11.8 Å². The van der Waals surface area contributed by atoms with Crippen LogP contribution in [-0.4, -0.2) is 52.7 Å². The van der Waals surface area contributed by atoms with E-state index in [0.29, 0.717) is 19.7 Å². The number of ketones is 1. The Morgan fingerprint density at radius 1 is 1.00 bits per heavy atom. The van der Waals surface area contributed by atoms with E-state index in [1.54, 1.807) is 18.7 Å². The third-order valence-corrected chi connectivity index (χ3v) is 7.84. The molecule has 0 aromatic heterocycles. The fraction of sp³-hybridized carbons (Fsp3) is 0.484. The smallest absolute Gasteiger partial charge is 0.312 e. The van der Waals surface area contributed by atoms with Gasteiger partial charge in [0.15, 0.2) is 5.78 Å². The fourth-order valence-corrected chi connectivity index (χ4v) is 4.79. The Balaban J connectivity index is 0.000000183. The summed E-state index contributed by atoms with van der Waals surface area (Å²) in [5, 5.41) is 6.07. The van der Waals surface area contributed by atoms with Gasteiger partial charge in [-0.15, -0.1) is 0 Å². The number of amides is 2. The summed E-state index contributed by atoms with van der Waals surface area (Å²) >= 11 is 0. The van der Waals surface area contributed by atoms with Gasteiger partial charge in [0.1, 0.15) is 11.6 Å². The normalized spacial score (nSPS) is 20.8. The topological polar surface area (TPSA) is 105 Å². The Labute approximate surface area is 230 Å². The minimum Gasteiger partial charge on any atom is -0.466 e. The van der Waals surface area contributed by atoms with Crippen LogP contribution in [0.3, 0.4) is 0 Å². The number of nitrogens with zero attached hydrogens (tertiary/aromatic N) is 1. The van der Waals surface area contributed by atoms with E-state index in [9.17, 15) is 19.2 Å². The molecule has 8 heteroatoms. The van der Waals surface area contributed by atoms with E-state index >= 15 is 0 Å². The number of carbonyl (C=O) groups is 4. The fourth-order valence-electron chi connectivity index (χ4n) is 4.79. The maximum Gasteiger partial charge on any atom is 0.312 e. The summed E-state index contributed by atoms with van der Waals surface area (Å²) in [7, 11) is 0. The SMILES string of the molecule is CCOC(=O)C1(CC(=O)[C@H](C)NCc2ccccc2)CC1.C[C@@H]1C(=O)NC2(CC2)C(=O)N1Cc1ccccc1. The number of esters is 1. The van der Waals surface area contributed by atoms with Crippen molar-refractivity contribution in [3.63, 3.8) is 0 Å². The highest BCUT2D eigenvalue weighted by atomic mass is 16.5. The lowest BCUT2D eigenvalue weighted by Gasteiger charge is -2.37. The molecule has 1 spiro atoms. The van der Waals surface area contributed by atoms with Crippen molar-refractivity contribution in [1.29, 1.82) is 0 Å². The molecular formula is C31H39N3O5. The molecule has 208 valence electrons. The molecule has 2 aromatic carbocycles. The van der Waals surface area contributed by atoms with Gasteiger partial charge in [-0.1, -0.05) is 60.7 Å². The van der Waals surface area contributed by atoms with Crippen molar-refractivity contribution in [2.75, 3.05) is 6.61 Å². The number of carbonyl (C=O) groups excluding carboxylic acids is 4. The molecule has 2 aliphatic carbocycles. The first-order valence-corrected chi connectivity index (χ1v) is 13.8. The zero-order valence-electron chi connectivity index (χ0n) is 23.1. The molecule has 3 fully saturated rings. The zero-order valence-corrected chi connectivity index (χ0v) is 23.1. The molecule has 2 N–H and O–H groups in total. The van der Waals surface area contributed by atoms with Gasteiger partial charge in [-0.3, -0.25) is 19.2 Å². The van der Waals surface area contributed by atoms with Crippen LogP contribution in [0.1, 0.15) is 64.0 Å². The first kappa shape index (κ1) is 28.5. The van der Waals surface area contributed by atoms with Crippen molar-refractivity contribution in [1.82, 2.24) is 15.5 Å². The quantitative estimate of drug-likeness (QED) is 0.453. The van der Waals surface area contributed by atoms with E-state index in [4.69, 9.17) is 4.74 Å². The number of ether oxygens (including phenoxy) is 1. The van der Waals surface area contributed by atoms with Gasteiger partial charge < -0.3 is 20.3 Å². The third-order valence-electron chi connectivity index (χ3n) is 7.84. The van der Waals surface area contributed by atoms with Gasteiger partial charge in [-0.25, -0.2) is 0 Å². The average molecular weight is 534 g/mol. The highest BCUT2D eigenvalue weighted by Crippen LogP contribution is 2.50. The Kier molecular flexibility index (Phi) is 8.85. The van der Waals surface area contributed by atoms with Gasteiger partial charge in [0.25, 0.3) is 0 Å². The van der Waals surface area contributed by atoms with Crippen LogP contribution in [0.5, 0.6) is 0 Å². The molecule has 1 aliphatic heterocycles. The minimum atomic E-state index is -0.571. The lowest BCUT2D eigenvalue weighted by Crippen LogP contribution is -2.63. The number of rotatable bonds is 10. The van der Waals surface area contributed by atoms with E-state index in [0.717, 1.165) is 36.8 Å². The Morgan fingerprint density at radius 2 is 1.59 bits per heavy atom. The molecule has 1 saturated heterocycles. The van der Waals surface area contributed by atoms with Crippen LogP contribution in [0, 0.1) is 5.41 Å². The molecule has 3 aliphatic rings. The van der Waals surface area contributed by atoms with Crippen molar-refractivity contribution in [2.24, 2.45) is 5.41 Å². The maximum absolute atomic E-state index is 12.4. The molecule has 2 amide bonds. The van der Waals surface area contributed by atoms with Crippen LogP contribution in [0.4, 0.5) is 0 Å². The van der Waals surface area contributed by atoms with Gasteiger partial charge >= 0.3 is 5.97 Å². The number of hydrogen-bond donors (Lipinski definition) is 2. The molecule has 0 radical (unpaired) electrons. The first-order valence-electron chi connectivity index (χ1n) is 13.8. The summed E-state index contributed by atoms with van der Waals surface area (Å²) in [5.41, 5.74) is 1.10. The second-order valence-corrected chi connectivity index (χ2v) is 10.9. The molecule has 0 bridgehead atoms. The predicted molar refractivity (Wildman–Crippen MR) is 147 cm³/mol. The molecule has 5 rings (SSSR count). The van der Waals surface area contributed by atoms with Crippen molar-refractivity contribution in [3.05, 3.63) is 71.8 Å². The molecule has 39 heavy (non-hydrogen) atoms. The number of Topliss-reactive ketones (excluding diaryl/α,β-unsaturated/α-hetero) is 1. The highest BCUT2D eigenvalue weighted by molar-refractivity contribution is 6.01. The van der Waals surface area contributed by atoms with Gasteiger partial charge in [-0.05, 0) is 57.6 Å². The molecule has 2 atom stereocenters. The first-order chi connectivity index (χ1) is 18.7. The van der Waals surface area contributed by atoms with Crippen LogP contribution in [0.15, 0.2) is 60.7 Å². The summed E-state index contributed by atoms with van der Waals surface area (Å²) in [4.78, 5) is 50.1. The predicted octanol–water partition coefficient (Wildman–Crippen LogP) is 3.53. The van der Waals surface area contributed by atoms with Crippen LogP contribution in [0.2, 0.25) is 0 Å². The minimum absolute atomic E-state index is 0.0389. The molecular weight excluding hydrogens is 494 g/mol. The van der Waals surface area contributed by atoms with Crippen LogP contribution >= 0.6 is 0 Å². The summed E-state index contributed by atoms with van der Waals surface area (Å²) in [6.45, 7) is 6.96. The lowest BCUT2D eigenvalue weighted by atomic mass is 9.96. The second kappa shape index (κ2) is 12.1. The van der Waals surface area contributed by atoms with Gasteiger partial charge in [-0.2, -0.15) is 0 Å². The average Bonchev–Trinajstić information content (AvgIpc) is 3.88. The Morgan fingerprint density at radius 3 is 2.13 bits per heavy atom. The Hall–Kier alpha value is -3.52. The van der Waals surface area contributed by atoms with E-state index < -0.39 is 11.0 Å². The molecule has 1 heterocycles. The van der Waals surface area contributed by atoms with Crippen molar-refractivity contribution in [3.8, 4) is 0 Å². The van der Waals surface area contributed by atoms with Crippen LogP contribution < -0.4 is 10.6 Å². The van der Waals surface area contributed by atoms with Crippen molar-refractivity contribution >= 4 is 23.6 Å². The van der Waals surface area contributed by atoms with Crippen LogP contribution in [0.25, 0.3) is 0 Å². The van der Waals surface area contributed by atoms with Crippen molar-refractivity contribution in [2.45, 2.75) is 83.6 Å². The molecule has 8 nitrogen and oxygen atoms in total. The summed E-state index contributed by atoms with van der Waals surface area (Å²) in [6, 6.07) is 19.1. The summed E-state index contributed by atoms with van der Waals surface area (Å²) in [6.07, 6.45) is 3.37.